The van der Waals surface area contributed by atoms with Gasteiger partial charge in [-0.2, -0.15) is 4.57 Å². The molecule has 0 N–H and O–H groups in total. The molecular formula is C27H20BrN2O2P. The molecule has 33 heavy (non-hydrogen) atoms. The molecule has 0 aliphatic carbocycles. The van der Waals surface area contributed by atoms with Crippen molar-refractivity contribution >= 4 is 44.6 Å². The van der Waals surface area contributed by atoms with Gasteiger partial charge in [-0.1, -0.05) is 107 Å². The van der Waals surface area contributed by atoms with E-state index in [9.17, 15) is 5.11 Å². The SMILES string of the molecule is [O-]c1c[n+](-c2cc(Br)ccc2N=P(c2ccccc2)(c2ccccc2)c2ccccc2)co1. The Labute approximate surface area is 201 Å². The zero-order chi connectivity index (χ0) is 22.7. The predicted octanol–water partition coefficient (Wildman–Crippen LogP) is 5.20. The summed E-state index contributed by atoms with van der Waals surface area (Å²) >= 11 is 3.56. The summed E-state index contributed by atoms with van der Waals surface area (Å²) in [5.41, 5.74) is 1.54. The molecule has 4 nitrogen and oxygen atoms in total. The first-order valence-corrected chi connectivity index (χ1v) is 13.0. The van der Waals surface area contributed by atoms with Gasteiger partial charge >= 0.3 is 0 Å². The largest absolute Gasteiger partial charge is 0.540 e. The van der Waals surface area contributed by atoms with Gasteiger partial charge in [-0.25, -0.2) is 4.74 Å². The minimum Gasteiger partial charge on any atom is -0.540 e. The molecule has 5 rings (SSSR count). The lowest BCUT2D eigenvalue weighted by Crippen LogP contribution is -2.28. The molecule has 6 heteroatoms. The quantitative estimate of drug-likeness (QED) is 0.239. The van der Waals surface area contributed by atoms with Crippen LogP contribution in [0, 0.1) is 0 Å². The maximum atomic E-state index is 11.8. The fourth-order valence-electron chi connectivity index (χ4n) is 3.91. The molecule has 4 aromatic carbocycles. The zero-order valence-corrected chi connectivity index (χ0v) is 20.1. The van der Waals surface area contributed by atoms with Crippen LogP contribution < -0.4 is 25.6 Å². The molecule has 0 atom stereocenters. The van der Waals surface area contributed by atoms with Crippen molar-refractivity contribution in [3.63, 3.8) is 0 Å². The third-order valence-electron chi connectivity index (χ3n) is 5.39. The van der Waals surface area contributed by atoms with Crippen LogP contribution in [-0.4, -0.2) is 0 Å². The van der Waals surface area contributed by atoms with Crippen molar-refractivity contribution < 1.29 is 14.1 Å². The van der Waals surface area contributed by atoms with Gasteiger partial charge < -0.3 is 9.52 Å². The molecule has 0 fully saturated rings. The average Bonchev–Trinajstić information content (AvgIpc) is 3.31. The van der Waals surface area contributed by atoms with Gasteiger partial charge in [0.1, 0.15) is 11.6 Å². The van der Waals surface area contributed by atoms with E-state index in [-0.39, 0.29) is 0 Å². The highest BCUT2D eigenvalue weighted by Gasteiger charge is 2.28. The van der Waals surface area contributed by atoms with Crippen LogP contribution in [0.1, 0.15) is 0 Å². The van der Waals surface area contributed by atoms with Crippen LogP contribution in [0.4, 0.5) is 5.69 Å². The third kappa shape index (κ3) is 4.18. The number of rotatable bonds is 5. The van der Waals surface area contributed by atoms with Crippen molar-refractivity contribution in [3.8, 4) is 11.6 Å². The number of hydrogen-bond donors (Lipinski definition) is 0. The number of nitrogens with zero attached hydrogens (tertiary/aromatic N) is 2. The standard InChI is InChI=1S/C27H20BrN2O2P/c28-21-16-17-25(26(18-21)30-19-27(31)32-20-30)29-33(22-10-4-1-5-11-22,23-12-6-2-7-13-23)24-14-8-3-9-15-24/h1-20H. The Morgan fingerprint density at radius 3 is 1.70 bits per heavy atom. The number of oxazole rings is 1. The van der Waals surface area contributed by atoms with Crippen molar-refractivity contribution in [1.82, 2.24) is 0 Å². The molecule has 1 heterocycles. The Balaban J connectivity index is 1.91. The van der Waals surface area contributed by atoms with E-state index in [4.69, 9.17) is 9.16 Å². The van der Waals surface area contributed by atoms with Crippen molar-refractivity contribution in [2.75, 3.05) is 0 Å². The molecule has 0 bridgehead atoms. The Bertz CT molecular complexity index is 1330. The van der Waals surface area contributed by atoms with Gasteiger partial charge in [-0.3, -0.25) is 0 Å². The number of aromatic nitrogens is 1. The van der Waals surface area contributed by atoms with Crippen molar-refractivity contribution in [2.45, 2.75) is 0 Å². The van der Waals surface area contributed by atoms with Crippen LogP contribution >= 0.6 is 23.0 Å². The van der Waals surface area contributed by atoms with Crippen LogP contribution in [0.15, 0.2) is 135 Å². The summed E-state index contributed by atoms with van der Waals surface area (Å²) in [4.78, 5) is 0. The minimum atomic E-state index is -2.44. The Morgan fingerprint density at radius 1 is 0.727 bits per heavy atom. The molecule has 5 aromatic rings. The summed E-state index contributed by atoms with van der Waals surface area (Å²) in [5, 5.41) is 15.2. The van der Waals surface area contributed by atoms with E-state index >= 15 is 0 Å². The lowest BCUT2D eigenvalue weighted by molar-refractivity contribution is -0.599. The normalized spacial score (nSPS) is 11.3. The second-order valence-electron chi connectivity index (χ2n) is 7.45. The van der Waals surface area contributed by atoms with Crippen molar-refractivity contribution in [3.05, 3.63) is 126 Å². The molecule has 162 valence electrons. The fourth-order valence-corrected chi connectivity index (χ4v) is 7.80. The molecule has 0 saturated carbocycles. The van der Waals surface area contributed by atoms with E-state index in [1.54, 1.807) is 4.57 Å². The summed E-state index contributed by atoms with van der Waals surface area (Å²) < 4.78 is 13.2. The minimum absolute atomic E-state index is 0.406. The molecule has 1 aromatic heterocycles. The van der Waals surface area contributed by atoms with Gasteiger partial charge in [0.2, 0.25) is 12.1 Å². The maximum absolute atomic E-state index is 11.8. The molecule has 0 aliphatic rings. The molecule has 0 saturated heterocycles. The Kier molecular flexibility index (Phi) is 5.99. The average molecular weight is 515 g/mol. The van der Waals surface area contributed by atoms with Gasteiger partial charge in [0, 0.05) is 26.5 Å². The first-order valence-electron chi connectivity index (χ1n) is 10.4. The maximum Gasteiger partial charge on any atom is 0.238 e. The van der Waals surface area contributed by atoms with Gasteiger partial charge in [0.05, 0.1) is 7.05 Å². The summed E-state index contributed by atoms with van der Waals surface area (Å²) in [6, 6.07) is 37.2. The molecular weight excluding hydrogens is 495 g/mol. The van der Waals surface area contributed by atoms with Gasteiger partial charge in [-0.15, -0.1) is 0 Å². The van der Waals surface area contributed by atoms with Crippen LogP contribution in [0.2, 0.25) is 0 Å². The van der Waals surface area contributed by atoms with Crippen molar-refractivity contribution in [1.29, 1.82) is 0 Å². The van der Waals surface area contributed by atoms with E-state index in [0.29, 0.717) is 0 Å². The third-order valence-corrected chi connectivity index (χ3v) is 9.54. The number of halogens is 1. The van der Waals surface area contributed by atoms with E-state index in [1.807, 2.05) is 36.4 Å². The molecule has 0 radical (unpaired) electrons. The summed E-state index contributed by atoms with van der Waals surface area (Å²) in [5.74, 6) is -0.406. The van der Waals surface area contributed by atoms with E-state index in [0.717, 1.165) is 31.8 Å². The molecule has 0 aliphatic heterocycles. The lowest BCUT2D eigenvalue weighted by Gasteiger charge is -2.27. The smallest absolute Gasteiger partial charge is 0.238 e. The number of hydrogen-bond acceptors (Lipinski definition) is 3. The van der Waals surface area contributed by atoms with Gasteiger partial charge in [0.15, 0.2) is 6.20 Å². The molecule has 0 amide bonds. The first-order chi connectivity index (χ1) is 16.2. The van der Waals surface area contributed by atoms with Crippen LogP contribution in [0.3, 0.4) is 0 Å². The highest BCUT2D eigenvalue weighted by atomic mass is 79.9. The Hall–Kier alpha value is -3.40. The fraction of sp³-hybridized carbons (Fsp3) is 0. The molecule has 0 spiro atoms. The second kappa shape index (κ2) is 9.22. The highest BCUT2D eigenvalue weighted by Crippen LogP contribution is 2.50. The number of benzene rings is 4. The van der Waals surface area contributed by atoms with Crippen LogP contribution in [0.25, 0.3) is 5.69 Å². The monoisotopic (exact) mass is 514 g/mol. The lowest BCUT2D eigenvalue weighted by atomic mass is 10.3. The summed E-state index contributed by atoms with van der Waals surface area (Å²) in [6.45, 7) is 0. The van der Waals surface area contributed by atoms with Crippen molar-refractivity contribution in [2.24, 2.45) is 4.74 Å². The zero-order valence-electron chi connectivity index (χ0n) is 17.6. The van der Waals surface area contributed by atoms with E-state index in [1.165, 1.54) is 12.6 Å². The summed E-state index contributed by atoms with van der Waals surface area (Å²) in [7, 11) is -2.44. The highest BCUT2D eigenvalue weighted by molar-refractivity contribution is 9.10. The predicted molar refractivity (Wildman–Crippen MR) is 135 cm³/mol. The van der Waals surface area contributed by atoms with Crippen LogP contribution in [0.5, 0.6) is 5.95 Å². The van der Waals surface area contributed by atoms with E-state index < -0.39 is 13.0 Å². The second-order valence-corrected chi connectivity index (χ2v) is 11.4. The summed E-state index contributed by atoms with van der Waals surface area (Å²) in [6.07, 6.45) is 2.84. The van der Waals surface area contributed by atoms with Gasteiger partial charge in [0.25, 0.3) is 0 Å². The van der Waals surface area contributed by atoms with Gasteiger partial charge in [-0.05, 0) is 12.1 Å². The van der Waals surface area contributed by atoms with Crippen LogP contribution in [-0.2, 0) is 0 Å². The van der Waals surface area contributed by atoms with E-state index in [2.05, 4.69) is 88.7 Å². The first kappa shape index (κ1) is 21.4. The Morgan fingerprint density at radius 2 is 1.24 bits per heavy atom. The molecule has 0 unspecified atom stereocenters. The topological polar surface area (TPSA) is 52.4 Å².